The fourth-order valence-electron chi connectivity index (χ4n) is 2.84. The number of anilines is 3. The van der Waals surface area contributed by atoms with E-state index in [1.165, 1.54) is 0 Å². The number of nitrogens with zero attached hydrogens (tertiary/aromatic N) is 5. The van der Waals surface area contributed by atoms with Crippen LogP contribution in [0.4, 0.5) is 17.2 Å². The van der Waals surface area contributed by atoms with Gasteiger partial charge in [0.25, 0.3) is 0 Å². The first-order valence-corrected chi connectivity index (χ1v) is 8.70. The van der Waals surface area contributed by atoms with Gasteiger partial charge in [-0.2, -0.15) is 0 Å². The summed E-state index contributed by atoms with van der Waals surface area (Å²) in [6, 6.07) is 15.8. The van der Waals surface area contributed by atoms with Crippen molar-refractivity contribution in [2.45, 2.75) is 6.92 Å². The molecule has 0 atom stereocenters. The summed E-state index contributed by atoms with van der Waals surface area (Å²) < 4.78 is 0. The lowest BCUT2D eigenvalue weighted by atomic mass is 10.2. The average molecular weight is 356 g/mol. The predicted molar refractivity (Wildman–Crippen MR) is 109 cm³/mol. The standard InChI is InChI=1S/C21H20N6/c1-14-5-4-6-19(23-14)21-25-18-8-7-16(27(2)3)13-17(18)20(26-21)24-15-9-11-22-12-10-15/h4-13H,1-3H3,(H,22,24,25,26). The Labute approximate surface area is 158 Å². The summed E-state index contributed by atoms with van der Waals surface area (Å²) in [5.74, 6) is 1.34. The van der Waals surface area contributed by atoms with Crippen molar-refractivity contribution in [3.05, 3.63) is 66.6 Å². The molecule has 3 aromatic heterocycles. The van der Waals surface area contributed by atoms with Crippen molar-refractivity contribution in [3.8, 4) is 11.5 Å². The highest BCUT2D eigenvalue weighted by atomic mass is 15.1. The van der Waals surface area contributed by atoms with E-state index in [2.05, 4.69) is 32.3 Å². The Bertz CT molecular complexity index is 1090. The summed E-state index contributed by atoms with van der Waals surface area (Å²) in [4.78, 5) is 20.2. The van der Waals surface area contributed by atoms with Gasteiger partial charge in [-0.15, -0.1) is 0 Å². The van der Waals surface area contributed by atoms with Crippen LogP contribution >= 0.6 is 0 Å². The molecule has 1 N–H and O–H groups in total. The summed E-state index contributed by atoms with van der Waals surface area (Å²) in [5, 5.41) is 4.35. The van der Waals surface area contributed by atoms with Crippen LogP contribution in [0, 0.1) is 6.92 Å². The zero-order valence-electron chi connectivity index (χ0n) is 15.5. The van der Waals surface area contributed by atoms with E-state index in [9.17, 15) is 0 Å². The summed E-state index contributed by atoms with van der Waals surface area (Å²) >= 11 is 0. The molecule has 3 heterocycles. The van der Waals surface area contributed by atoms with Gasteiger partial charge in [0, 0.05) is 48.9 Å². The molecule has 6 nitrogen and oxygen atoms in total. The van der Waals surface area contributed by atoms with Gasteiger partial charge < -0.3 is 10.2 Å². The molecule has 0 fully saturated rings. The maximum atomic E-state index is 4.78. The number of aromatic nitrogens is 4. The Morgan fingerprint density at radius 2 is 1.70 bits per heavy atom. The summed E-state index contributed by atoms with van der Waals surface area (Å²) in [7, 11) is 4.03. The van der Waals surface area contributed by atoms with Crippen molar-refractivity contribution in [3.63, 3.8) is 0 Å². The van der Waals surface area contributed by atoms with Crippen molar-refractivity contribution in [1.82, 2.24) is 19.9 Å². The van der Waals surface area contributed by atoms with E-state index in [1.807, 2.05) is 57.4 Å². The largest absolute Gasteiger partial charge is 0.378 e. The van der Waals surface area contributed by atoms with Crippen molar-refractivity contribution in [2.24, 2.45) is 0 Å². The Hall–Kier alpha value is -3.54. The Balaban J connectivity index is 1.90. The van der Waals surface area contributed by atoms with E-state index in [4.69, 9.17) is 9.97 Å². The van der Waals surface area contributed by atoms with Crippen LogP contribution in [0.5, 0.6) is 0 Å². The second kappa shape index (κ2) is 6.99. The molecule has 0 aliphatic rings. The van der Waals surface area contributed by atoms with Crippen molar-refractivity contribution < 1.29 is 0 Å². The molecular formula is C21H20N6. The smallest absolute Gasteiger partial charge is 0.180 e. The zero-order valence-corrected chi connectivity index (χ0v) is 15.5. The Kier molecular flexibility index (Phi) is 4.38. The number of rotatable bonds is 4. The van der Waals surface area contributed by atoms with E-state index >= 15 is 0 Å². The van der Waals surface area contributed by atoms with Gasteiger partial charge in [0.15, 0.2) is 5.82 Å². The lowest BCUT2D eigenvalue weighted by molar-refractivity contribution is 1.12. The number of pyridine rings is 2. The van der Waals surface area contributed by atoms with Gasteiger partial charge in [-0.05, 0) is 49.4 Å². The molecule has 0 amide bonds. The van der Waals surface area contributed by atoms with Gasteiger partial charge >= 0.3 is 0 Å². The van der Waals surface area contributed by atoms with Crippen LogP contribution in [0.3, 0.4) is 0 Å². The van der Waals surface area contributed by atoms with Crippen LogP contribution in [0.15, 0.2) is 60.9 Å². The molecule has 0 aliphatic carbocycles. The number of hydrogen-bond acceptors (Lipinski definition) is 6. The average Bonchev–Trinajstić information content (AvgIpc) is 2.68. The minimum Gasteiger partial charge on any atom is -0.378 e. The van der Waals surface area contributed by atoms with E-state index in [0.29, 0.717) is 5.82 Å². The van der Waals surface area contributed by atoms with Crippen LogP contribution in [0.25, 0.3) is 22.4 Å². The van der Waals surface area contributed by atoms with Gasteiger partial charge in [0.2, 0.25) is 0 Å². The number of hydrogen-bond donors (Lipinski definition) is 1. The lowest BCUT2D eigenvalue weighted by Crippen LogP contribution is -2.09. The molecule has 1 aromatic carbocycles. The highest BCUT2D eigenvalue weighted by molar-refractivity contribution is 5.94. The molecule has 0 unspecified atom stereocenters. The Morgan fingerprint density at radius 3 is 2.44 bits per heavy atom. The monoisotopic (exact) mass is 356 g/mol. The number of nitrogens with one attached hydrogen (secondary N) is 1. The fraction of sp³-hybridized carbons (Fsp3) is 0.143. The van der Waals surface area contributed by atoms with Crippen molar-refractivity contribution >= 4 is 28.1 Å². The van der Waals surface area contributed by atoms with Crippen LogP contribution in [-0.2, 0) is 0 Å². The first-order chi connectivity index (χ1) is 13.1. The van der Waals surface area contributed by atoms with Crippen LogP contribution in [0.2, 0.25) is 0 Å². The minimum atomic E-state index is 0.598. The minimum absolute atomic E-state index is 0.598. The second-order valence-corrected chi connectivity index (χ2v) is 6.52. The molecular weight excluding hydrogens is 336 g/mol. The van der Waals surface area contributed by atoms with Crippen LogP contribution in [0.1, 0.15) is 5.69 Å². The van der Waals surface area contributed by atoms with Crippen LogP contribution in [-0.4, -0.2) is 34.0 Å². The molecule has 6 heteroatoms. The molecule has 0 spiro atoms. The lowest BCUT2D eigenvalue weighted by Gasteiger charge is -2.15. The summed E-state index contributed by atoms with van der Waals surface area (Å²) in [6.45, 7) is 1.96. The molecule has 27 heavy (non-hydrogen) atoms. The Morgan fingerprint density at radius 1 is 0.889 bits per heavy atom. The molecule has 0 aliphatic heterocycles. The zero-order chi connectivity index (χ0) is 18.8. The van der Waals surface area contributed by atoms with E-state index in [-0.39, 0.29) is 0 Å². The topological polar surface area (TPSA) is 66.8 Å². The van der Waals surface area contributed by atoms with Crippen LogP contribution < -0.4 is 10.2 Å². The van der Waals surface area contributed by atoms with Gasteiger partial charge in [-0.1, -0.05) is 6.07 Å². The van der Waals surface area contributed by atoms with Gasteiger partial charge in [0.1, 0.15) is 11.5 Å². The van der Waals surface area contributed by atoms with Crippen molar-refractivity contribution in [1.29, 1.82) is 0 Å². The third-order valence-corrected chi connectivity index (χ3v) is 4.26. The molecule has 4 rings (SSSR count). The highest BCUT2D eigenvalue weighted by Crippen LogP contribution is 2.29. The molecule has 134 valence electrons. The first kappa shape index (κ1) is 16.9. The quantitative estimate of drug-likeness (QED) is 0.591. The molecule has 0 bridgehead atoms. The maximum Gasteiger partial charge on any atom is 0.180 e. The van der Waals surface area contributed by atoms with Crippen molar-refractivity contribution in [2.75, 3.05) is 24.3 Å². The summed E-state index contributed by atoms with van der Waals surface area (Å²) in [6.07, 6.45) is 3.50. The fourth-order valence-corrected chi connectivity index (χ4v) is 2.84. The third kappa shape index (κ3) is 3.55. The van der Waals surface area contributed by atoms with Gasteiger partial charge in [-0.3, -0.25) is 4.98 Å². The SMILES string of the molecule is Cc1cccc(-c2nc(Nc3ccncc3)c3cc(N(C)C)ccc3n2)n1. The van der Waals surface area contributed by atoms with E-state index in [1.54, 1.807) is 12.4 Å². The first-order valence-electron chi connectivity index (χ1n) is 8.70. The summed E-state index contributed by atoms with van der Waals surface area (Å²) in [5.41, 5.74) is 4.56. The van der Waals surface area contributed by atoms with E-state index in [0.717, 1.165) is 39.5 Å². The number of aryl methyl sites for hydroxylation is 1. The third-order valence-electron chi connectivity index (χ3n) is 4.26. The number of benzene rings is 1. The predicted octanol–water partition coefficient (Wildman–Crippen LogP) is 4.20. The molecule has 0 radical (unpaired) electrons. The second-order valence-electron chi connectivity index (χ2n) is 6.52. The van der Waals surface area contributed by atoms with E-state index < -0.39 is 0 Å². The number of fused-ring (bicyclic) bond motifs is 1. The van der Waals surface area contributed by atoms with Gasteiger partial charge in [-0.25, -0.2) is 15.0 Å². The molecule has 0 saturated heterocycles. The molecule has 4 aromatic rings. The normalized spacial score (nSPS) is 10.8. The maximum absolute atomic E-state index is 4.78. The van der Waals surface area contributed by atoms with Gasteiger partial charge in [0.05, 0.1) is 5.52 Å². The molecule has 0 saturated carbocycles. The highest BCUT2D eigenvalue weighted by Gasteiger charge is 2.12.